The summed E-state index contributed by atoms with van der Waals surface area (Å²) >= 11 is 0. The highest BCUT2D eigenvalue weighted by atomic mass is 32.2. The summed E-state index contributed by atoms with van der Waals surface area (Å²) in [6, 6.07) is 15.2. The smallest absolute Gasteiger partial charge is 0.277 e. The van der Waals surface area contributed by atoms with Crippen LogP contribution in [0, 0.1) is 6.92 Å². The van der Waals surface area contributed by atoms with Crippen LogP contribution in [-0.2, 0) is 21.4 Å². The van der Waals surface area contributed by atoms with Gasteiger partial charge in [-0.1, -0.05) is 55.8 Å². The average Bonchev–Trinajstić information content (AvgIpc) is 2.74. The summed E-state index contributed by atoms with van der Waals surface area (Å²) in [5.74, 6) is 0.0585. The Bertz CT molecular complexity index is 921. The Balaban J connectivity index is 1.93. The maximum absolute atomic E-state index is 12.6. The zero-order valence-electron chi connectivity index (χ0n) is 18.6. The van der Waals surface area contributed by atoms with Crippen LogP contribution in [0.3, 0.4) is 0 Å². The normalized spacial score (nSPS) is 12.7. The van der Waals surface area contributed by atoms with E-state index in [0.29, 0.717) is 31.1 Å². The van der Waals surface area contributed by atoms with Crippen molar-refractivity contribution in [3.8, 4) is 0 Å². The van der Waals surface area contributed by atoms with Crippen molar-refractivity contribution < 1.29 is 18.5 Å². The summed E-state index contributed by atoms with van der Waals surface area (Å²) in [6.45, 7) is 9.54. The second-order valence-corrected chi connectivity index (χ2v) is 9.56. The fraction of sp³-hybridized carbons (Fsp3) is 0.435. The molecule has 0 radical (unpaired) electrons. The Morgan fingerprint density at radius 3 is 2.10 bits per heavy atom. The molecule has 2 aromatic carbocycles. The van der Waals surface area contributed by atoms with Crippen LogP contribution in [0.25, 0.3) is 0 Å². The van der Waals surface area contributed by atoms with Gasteiger partial charge in [0.2, 0.25) is 10.0 Å². The van der Waals surface area contributed by atoms with Crippen LogP contribution in [0.5, 0.6) is 0 Å². The molecule has 0 aliphatic heterocycles. The van der Waals surface area contributed by atoms with E-state index >= 15 is 0 Å². The molecule has 6 nitrogen and oxygen atoms in total. The van der Waals surface area contributed by atoms with Gasteiger partial charge in [0, 0.05) is 32.2 Å². The van der Waals surface area contributed by atoms with Gasteiger partial charge < -0.3 is 10.2 Å². The molecule has 0 saturated carbocycles. The van der Waals surface area contributed by atoms with E-state index in [2.05, 4.69) is 0 Å². The lowest BCUT2D eigenvalue weighted by Crippen LogP contribution is -2.86. The minimum atomic E-state index is -3.45. The van der Waals surface area contributed by atoms with E-state index in [-0.39, 0.29) is 11.9 Å². The quantitative estimate of drug-likeness (QED) is 0.626. The lowest BCUT2D eigenvalue weighted by molar-refractivity contribution is -0.683. The van der Waals surface area contributed by atoms with Crippen molar-refractivity contribution in [2.75, 3.05) is 26.7 Å². The third-order valence-corrected chi connectivity index (χ3v) is 7.43. The van der Waals surface area contributed by atoms with Crippen molar-refractivity contribution in [3.05, 3.63) is 65.2 Å². The van der Waals surface area contributed by atoms with Gasteiger partial charge in [0.15, 0.2) is 6.54 Å². The van der Waals surface area contributed by atoms with Gasteiger partial charge in [-0.3, -0.25) is 4.79 Å². The second kappa shape index (κ2) is 10.7. The molecule has 0 aliphatic carbocycles. The SMILES string of the molecule is CCN(CC)S(=O)(=O)c1ccc([C@H](C)[NH2+]CC(=O)N(C)Cc2ccc(C)cc2)cc1. The Hall–Kier alpha value is -2.22. The van der Waals surface area contributed by atoms with E-state index in [4.69, 9.17) is 0 Å². The van der Waals surface area contributed by atoms with Crippen LogP contribution < -0.4 is 5.32 Å². The minimum Gasteiger partial charge on any atom is -0.337 e. The first-order valence-electron chi connectivity index (χ1n) is 10.4. The van der Waals surface area contributed by atoms with Crippen molar-refractivity contribution in [3.63, 3.8) is 0 Å². The number of rotatable bonds is 10. The maximum atomic E-state index is 12.6. The van der Waals surface area contributed by atoms with E-state index < -0.39 is 10.0 Å². The van der Waals surface area contributed by atoms with Crippen molar-refractivity contribution >= 4 is 15.9 Å². The molecule has 2 rings (SSSR count). The lowest BCUT2D eigenvalue weighted by atomic mass is 10.1. The van der Waals surface area contributed by atoms with Gasteiger partial charge in [-0.2, -0.15) is 4.31 Å². The van der Waals surface area contributed by atoms with E-state index in [1.165, 1.54) is 9.87 Å². The number of hydrogen-bond acceptors (Lipinski definition) is 3. The molecule has 0 bridgehead atoms. The number of nitrogens with zero attached hydrogens (tertiary/aromatic N) is 2. The number of likely N-dealkylation sites (N-methyl/N-ethyl adjacent to an activating group) is 1. The first kappa shape index (κ1) is 24.1. The largest absolute Gasteiger partial charge is 0.337 e. The summed E-state index contributed by atoms with van der Waals surface area (Å²) in [5.41, 5.74) is 3.29. The molecule has 1 amide bonds. The van der Waals surface area contributed by atoms with Gasteiger partial charge >= 0.3 is 0 Å². The number of benzene rings is 2. The maximum Gasteiger partial charge on any atom is 0.277 e. The second-order valence-electron chi connectivity index (χ2n) is 7.62. The van der Waals surface area contributed by atoms with E-state index in [0.717, 1.165) is 11.1 Å². The Labute approximate surface area is 180 Å². The Morgan fingerprint density at radius 1 is 1.00 bits per heavy atom. The fourth-order valence-corrected chi connectivity index (χ4v) is 4.74. The topological polar surface area (TPSA) is 74.3 Å². The third-order valence-electron chi connectivity index (χ3n) is 5.36. The standard InChI is InChI=1S/C23H33N3O3S/c1-6-26(7-2)30(28,29)22-14-12-21(13-15-22)19(4)24-16-23(27)25(5)17-20-10-8-18(3)9-11-20/h8-15,19,24H,6-7,16-17H2,1-5H3/p+1/t19-/m0/s1. The number of hydrogen-bond donors (Lipinski definition) is 1. The predicted molar refractivity (Wildman–Crippen MR) is 119 cm³/mol. The van der Waals surface area contributed by atoms with Gasteiger partial charge in [-0.25, -0.2) is 8.42 Å². The first-order chi connectivity index (χ1) is 14.2. The molecule has 2 N–H and O–H groups in total. The molecule has 0 heterocycles. The predicted octanol–water partition coefficient (Wildman–Crippen LogP) is 2.31. The summed E-state index contributed by atoms with van der Waals surface area (Å²) in [7, 11) is -1.64. The van der Waals surface area contributed by atoms with Crippen molar-refractivity contribution in [1.29, 1.82) is 0 Å². The minimum absolute atomic E-state index is 0.0481. The first-order valence-corrected chi connectivity index (χ1v) is 11.9. The van der Waals surface area contributed by atoms with Gasteiger partial charge in [0.05, 0.1) is 4.90 Å². The lowest BCUT2D eigenvalue weighted by Gasteiger charge is -2.19. The summed E-state index contributed by atoms with van der Waals surface area (Å²) < 4.78 is 26.6. The van der Waals surface area contributed by atoms with Crippen molar-refractivity contribution in [2.24, 2.45) is 0 Å². The number of quaternary nitrogens is 1. The summed E-state index contributed by atoms with van der Waals surface area (Å²) in [5, 5.41) is 1.97. The Kier molecular flexibility index (Phi) is 8.58. The highest BCUT2D eigenvalue weighted by molar-refractivity contribution is 7.89. The van der Waals surface area contributed by atoms with Crippen LogP contribution in [0.1, 0.15) is 43.5 Å². The molecular weight excluding hydrogens is 398 g/mol. The monoisotopic (exact) mass is 432 g/mol. The molecule has 0 fully saturated rings. The molecule has 0 aromatic heterocycles. The molecule has 0 aliphatic rings. The van der Waals surface area contributed by atoms with Crippen LogP contribution >= 0.6 is 0 Å². The molecule has 7 heteroatoms. The molecule has 30 heavy (non-hydrogen) atoms. The highest BCUT2D eigenvalue weighted by Crippen LogP contribution is 2.18. The summed E-state index contributed by atoms with van der Waals surface area (Å²) in [4.78, 5) is 14.5. The number of sulfonamides is 1. The number of carbonyl (C=O) groups excluding carboxylic acids is 1. The molecule has 0 spiro atoms. The van der Waals surface area contributed by atoms with E-state index in [1.54, 1.807) is 17.0 Å². The van der Waals surface area contributed by atoms with Crippen LogP contribution in [-0.4, -0.2) is 50.2 Å². The van der Waals surface area contributed by atoms with E-state index in [9.17, 15) is 13.2 Å². The average molecular weight is 433 g/mol. The third kappa shape index (κ3) is 6.14. The zero-order chi connectivity index (χ0) is 22.3. The molecular formula is C23H34N3O3S+. The molecule has 2 aromatic rings. The van der Waals surface area contributed by atoms with Gasteiger partial charge in [-0.15, -0.1) is 0 Å². The van der Waals surface area contributed by atoms with Crippen LogP contribution in [0.2, 0.25) is 0 Å². The Morgan fingerprint density at radius 2 is 1.57 bits per heavy atom. The molecule has 0 saturated heterocycles. The van der Waals surface area contributed by atoms with Crippen LogP contribution in [0.4, 0.5) is 0 Å². The zero-order valence-corrected chi connectivity index (χ0v) is 19.4. The number of nitrogens with two attached hydrogens (primary N) is 1. The highest BCUT2D eigenvalue weighted by Gasteiger charge is 2.22. The van der Waals surface area contributed by atoms with Crippen LogP contribution in [0.15, 0.2) is 53.4 Å². The molecule has 0 unspecified atom stereocenters. The van der Waals surface area contributed by atoms with Gasteiger partial charge in [0.25, 0.3) is 5.91 Å². The summed E-state index contributed by atoms with van der Waals surface area (Å²) in [6.07, 6.45) is 0. The molecule has 1 atom stereocenters. The van der Waals surface area contributed by atoms with Crippen molar-refractivity contribution in [1.82, 2.24) is 9.21 Å². The van der Waals surface area contributed by atoms with Gasteiger partial charge in [0.1, 0.15) is 6.04 Å². The van der Waals surface area contributed by atoms with Crippen molar-refractivity contribution in [2.45, 2.75) is 45.2 Å². The number of carbonyl (C=O) groups is 1. The van der Waals surface area contributed by atoms with Gasteiger partial charge in [-0.05, 0) is 31.5 Å². The molecule has 164 valence electrons. The van der Waals surface area contributed by atoms with E-state index in [1.807, 2.05) is 76.5 Å². The number of aryl methyl sites for hydroxylation is 1. The fourth-order valence-electron chi connectivity index (χ4n) is 3.28. The number of amides is 1.